The van der Waals surface area contributed by atoms with E-state index in [1.165, 1.54) is 19.3 Å². The normalized spacial score (nSPS) is 16.2. The quantitative estimate of drug-likeness (QED) is 0.255. The minimum atomic E-state index is -1.38. The summed E-state index contributed by atoms with van der Waals surface area (Å²) in [5, 5.41) is 0. The molecule has 1 aliphatic carbocycles. The third-order valence-electron chi connectivity index (χ3n) is 5.93. The van der Waals surface area contributed by atoms with E-state index in [1.807, 2.05) is 12.1 Å². The summed E-state index contributed by atoms with van der Waals surface area (Å²) < 4.78 is 55.2. The smallest absolute Gasteiger partial charge is 0.194 e. The van der Waals surface area contributed by atoms with Crippen molar-refractivity contribution in [3.63, 3.8) is 0 Å². The summed E-state index contributed by atoms with van der Waals surface area (Å²) >= 11 is 0. The molecule has 0 radical (unpaired) electrons. The Morgan fingerprint density at radius 3 is 2.46 bits per heavy atom. The molecule has 0 saturated carbocycles. The highest BCUT2D eigenvalue weighted by Crippen LogP contribution is 2.32. The van der Waals surface area contributed by atoms with E-state index >= 15 is 0 Å². The first kappa shape index (κ1) is 20.9. The van der Waals surface area contributed by atoms with Crippen LogP contribution in [-0.2, 0) is 25.7 Å². The highest BCUT2D eigenvalue weighted by atomic mass is 19.2. The topological polar surface area (TPSA) is 0 Å². The number of benzene rings is 2. The molecule has 0 nitrogen and oxygen atoms in total. The van der Waals surface area contributed by atoms with Crippen LogP contribution in [0.4, 0.5) is 17.6 Å². The maximum absolute atomic E-state index is 14.4. The zero-order chi connectivity index (χ0) is 20.1. The molecule has 3 rings (SSSR count). The van der Waals surface area contributed by atoms with Crippen LogP contribution in [0.2, 0.25) is 0 Å². The third-order valence-corrected chi connectivity index (χ3v) is 5.93. The van der Waals surface area contributed by atoms with Crippen molar-refractivity contribution in [3.8, 4) is 0 Å². The molecule has 4 heteroatoms. The van der Waals surface area contributed by atoms with E-state index in [1.54, 1.807) is 6.07 Å². The highest BCUT2D eigenvalue weighted by molar-refractivity contribution is 5.33. The Kier molecular flexibility index (Phi) is 7.14. The molecule has 152 valence electrons. The standard InChI is InChI=1S/C24H28F4/c1-2-3-4-5-6-16-7-10-18(21(25)14-16)11-8-17-9-12-20-19(13-17)15-22(26)24(28)23(20)27/h7,10,14-15,17H,2-6,8-9,11-13H2,1H3. The number of halogens is 4. The monoisotopic (exact) mass is 392 g/mol. The van der Waals surface area contributed by atoms with Gasteiger partial charge in [-0.3, -0.25) is 0 Å². The van der Waals surface area contributed by atoms with Crippen LogP contribution >= 0.6 is 0 Å². The Bertz CT molecular complexity index is 813. The Morgan fingerprint density at radius 1 is 0.893 bits per heavy atom. The largest absolute Gasteiger partial charge is 0.207 e. The van der Waals surface area contributed by atoms with Gasteiger partial charge < -0.3 is 0 Å². The van der Waals surface area contributed by atoms with Gasteiger partial charge in [-0.15, -0.1) is 0 Å². The maximum atomic E-state index is 14.4. The fourth-order valence-corrected chi connectivity index (χ4v) is 4.21. The zero-order valence-corrected chi connectivity index (χ0v) is 16.5. The summed E-state index contributed by atoms with van der Waals surface area (Å²) in [4.78, 5) is 0. The lowest BCUT2D eigenvalue weighted by Crippen LogP contribution is -2.18. The average Bonchev–Trinajstić information content (AvgIpc) is 2.68. The molecule has 0 amide bonds. The van der Waals surface area contributed by atoms with Crippen molar-refractivity contribution in [1.29, 1.82) is 0 Å². The third kappa shape index (κ3) is 4.95. The number of hydrogen-bond donors (Lipinski definition) is 0. The van der Waals surface area contributed by atoms with Gasteiger partial charge in [0, 0.05) is 0 Å². The lowest BCUT2D eigenvalue weighted by molar-refractivity contribution is 0.392. The first-order valence-corrected chi connectivity index (χ1v) is 10.4. The van der Waals surface area contributed by atoms with E-state index < -0.39 is 17.5 Å². The SMILES string of the molecule is CCCCCCc1ccc(CCC2CCc3c(cc(F)c(F)c3F)C2)c(F)c1. The fourth-order valence-electron chi connectivity index (χ4n) is 4.21. The molecule has 0 fully saturated rings. The van der Waals surface area contributed by atoms with E-state index in [2.05, 4.69) is 6.92 Å². The first-order chi connectivity index (χ1) is 13.5. The van der Waals surface area contributed by atoms with Crippen LogP contribution in [-0.4, -0.2) is 0 Å². The van der Waals surface area contributed by atoms with Crippen LogP contribution in [0.1, 0.15) is 67.7 Å². The molecule has 1 aliphatic rings. The summed E-state index contributed by atoms with van der Waals surface area (Å²) in [5.41, 5.74) is 2.58. The molecular formula is C24H28F4. The summed E-state index contributed by atoms with van der Waals surface area (Å²) in [7, 11) is 0. The predicted octanol–water partition coefficient (Wildman–Crippen LogP) is 7.10. The Balaban J connectivity index is 1.56. The molecule has 28 heavy (non-hydrogen) atoms. The molecule has 0 bridgehead atoms. The van der Waals surface area contributed by atoms with E-state index in [-0.39, 0.29) is 11.7 Å². The number of hydrogen-bond acceptors (Lipinski definition) is 0. The van der Waals surface area contributed by atoms with Gasteiger partial charge in [0.1, 0.15) is 5.82 Å². The fraction of sp³-hybridized carbons (Fsp3) is 0.500. The molecular weight excluding hydrogens is 364 g/mol. The summed E-state index contributed by atoms with van der Waals surface area (Å²) in [6.07, 6.45) is 8.56. The van der Waals surface area contributed by atoms with Crippen molar-refractivity contribution in [3.05, 3.63) is 69.8 Å². The minimum absolute atomic E-state index is 0.164. The van der Waals surface area contributed by atoms with Crippen LogP contribution < -0.4 is 0 Å². The van der Waals surface area contributed by atoms with Crippen molar-refractivity contribution >= 4 is 0 Å². The maximum Gasteiger partial charge on any atom is 0.194 e. The predicted molar refractivity (Wildman–Crippen MR) is 104 cm³/mol. The summed E-state index contributed by atoms with van der Waals surface area (Å²) in [6.45, 7) is 2.17. The van der Waals surface area contributed by atoms with Gasteiger partial charge in [0.25, 0.3) is 0 Å². The van der Waals surface area contributed by atoms with Gasteiger partial charge in [0.05, 0.1) is 0 Å². The second-order valence-corrected chi connectivity index (χ2v) is 8.01. The van der Waals surface area contributed by atoms with E-state index in [0.717, 1.165) is 30.9 Å². The Labute approximate surface area is 165 Å². The molecule has 0 aliphatic heterocycles. The second kappa shape index (κ2) is 9.58. The van der Waals surface area contributed by atoms with E-state index in [4.69, 9.17) is 0 Å². The van der Waals surface area contributed by atoms with Crippen LogP contribution in [0.15, 0.2) is 24.3 Å². The van der Waals surface area contributed by atoms with Gasteiger partial charge in [-0.25, -0.2) is 17.6 Å². The molecule has 1 unspecified atom stereocenters. The molecule has 0 heterocycles. The number of aryl methyl sites for hydroxylation is 2. The molecule has 0 aromatic heterocycles. The van der Waals surface area contributed by atoms with Crippen molar-refractivity contribution in [2.45, 2.75) is 71.1 Å². The van der Waals surface area contributed by atoms with Crippen molar-refractivity contribution < 1.29 is 17.6 Å². The van der Waals surface area contributed by atoms with Gasteiger partial charge in [-0.05, 0) is 85.3 Å². The lowest BCUT2D eigenvalue weighted by Gasteiger charge is -2.25. The van der Waals surface area contributed by atoms with Crippen LogP contribution in [0.3, 0.4) is 0 Å². The summed E-state index contributed by atoms with van der Waals surface area (Å²) in [5.74, 6) is -3.49. The van der Waals surface area contributed by atoms with Crippen LogP contribution in [0.5, 0.6) is 0 Å². The van der Waals surface area contributed by atoms with Gasteiger partial charge in [0.2, 0.25) is 0 Å². The van der Waals surface area contributed by atoms with E-state index in [9.17, 15) is 17.6 Å². The van der Waals surface area contributed by atoms with E-state index in [0.29, 0.717) is 42.4 Å². The Morgan fingerprint density at radius 2 is 1.71 bits per heavy atom. The number of unbranched alkanes of at least 4 members (excludes halogenated alkanes) is 3. The lowest BCUT2D eigenvalue weighted by atomic mass is 9.80. The Hall–Kier alpha value is -1.84. The average molecular weight is 392 g/mol. The zero-order valence-electron chi connectivity index (χ0n) is 16.5. The van der Waals surface area contributed by atoms with Gasteiger partial charge in [-0.1, -0.05) is 38.3 Å². The molecule has 2 aromatic carbocycles. The molecule has 0 saturated heterocycles. The van der Waals surface area contributed by atoms with Gasteiger partial charge >= 0.3 is 0 Å². The molecule has 1 atom stereocenters. The molecule has 0 N–H and O–H groups in total. The number of rotatable bonds is 8. The van der Waals surface area contributed by atoms with Gasteiger partial charge in [0.15, 0.2) is 17.5 Å². The second-order valence-electron chi connectivity index (χ2n) is 8.01. The van der Waals surface area contributed by atoms with Crippen LogP contribution in [0.25, 0.3) is 0 Å². The summed E-state index contributed by atoms with van der Waals surface area (Å²) in [6, 6.07) is 6.64. The van der Waals surface area contributed by atoms with Crippen molar-refractivity contribution in [2.75, 3.05) is 0 Å². The highest BCUT2D eigenvalue weighted by Gasteiger charge is 2.25. The van der Waals surface area contributed by atoms with Crippen LogP contribution in [0, 0.1) is 29.2 Å². The van der Waals surface area contributed by atoms with Gasteiger partial charge in [-0.2, -0.15) is 0 Å². The van der Waals surface area contributed by atoms with Crippen molar-refractivity contribution in [1.82, 2.24) is 0 Å². The molecule has 2 aromatic rings. The first-order valence-electron chi connectivity index (χ1n) is 10.4. The molecule has 0 spiro atoms. The number of fused-ring (bicyclic) bond motifs is 1. The minimum Gasteiger partial charge on any atom is -0.207 e. The van der Waals surface area contributed by atoms with Crippen molar-refractivity contribution in [2.24, 2.45) is 5.92 Å².